The normalized spacial score (nSPS) is 15.7. The van der Waals surface area contributed by atoms with Gasteiger partial charge in [0.15, 0.2) is 0 Å². The van der Waals surface area contributed by atoms with Crippen LogP contribution in [0.2, 0.25) is 0 Å². The third kappa shape index (κ3) is 5.06. The van der Waals surface area contributed by atoms with Crippen LogP contribution in [0.25, 0.3) is 6.08 Å². The van der Waals surface area contributed by atoms with Crippen molar-refractivity contribution >= 4 is 17.9 Å². The van der Waals surface area contributed by atoms with Crippen molar-refractivity contribution in [3.63, 3.8) is 0 Å². The molecule has 146 valence electrons. The largest absolute Gasteiger partial charge is 0.355 e. The van der Waals surface area contributed by atoms with E-state index in [0.29, 0.717) is 11.6 Å². The SMILES string of the molecule is CNC(=O)c1ccc(/C=C/C(=O)n2ccc(C)cc2=NC2CCCCC2)cc1. The summed E-state index contributed by atoms with van der Waals surface area (Å²) in [7, 11) is 1.60. The van der Waals surface area contributed by atoms with Gasteiger partial charge in [0.1, 0.15) is 5.49 Å². The number of nitrogens with one attached hydrogen (secondary N) is 1. The molecule has 28 heavy (non-hydrogen) atoms. The van der Waals surface area contributed by atoms with Crippen molar-refractivity contribution in [2.75, 3.05) is 7.05 Å². The Hall–Kier alpha value is -2.95. The minimum atomic E-state index is -0.134. The molecule has 0 bridgehead atoms. The van der Waals surface area contributed by atoms with Crippen molar-refractivity contribution in [2.24, 2.45) is 4.99 Å². The Balaban J connectivity index is 1.81. The van der Waals surface area contributed by atoms with Gasteiger partial charge in [-0.15, -0.1) is 0 Å². The highest BCUT2D eigenvalue weighted by atomic mass is 16.2. The monoisotopic (exact) mass is 377 g/mol. The number of aryl methyl sites for hydroxylation is 1. The lowest BCUT2D eigenvalue weighted by Gasteiger charge is -2.17. The van der Waals surface area contributed by atoms with Gasteiger partial charge in [0.05, 0.1) is 6.04 Å². The molecule has 3 rings (SSSR count). The molecule has 1 fully saturated rings. The predicted molar refractivity (Wildman–Crippen MR) is 111 cm³/mol. The fourth-order valence-corrected chi connectivity index (χ4v) is 3.41. The topological polar surface area (TPSA) is 63.5 Å². The van der Waals surface area contributed by atoms with E-state index in [4.69, 9.17) is 4.99 Å². The highest BCUT2D eigenvalue weighted by Gasteiger charge is 2.12. The molecular formula is C23H27N3O2. The van der Waals surface area contributed by atoms with Crippen LogP contribution in [0.3, 0.4) is 0 Å². The van der Waals surface area contributed by atoms with E-state index >= 15 is 0 Å². The molecule has 2 aromatic rings. The Morgan fingerprint density at radius 1 is 1.11 bits per heavy atom. The molecular weight excluding hydrogens is 350 g/mol. The number of amides is 1. The van der Waals surface area contributed by atoms with Crippen LogP contribution in [0.5, 0.6) is 0 Å². The maximum Gasteiger partial charge on any atom is 0.256 e. The molecule has 1 aromatic carbocycles. The number of hydrogen-bond acceptors (Lipinski definition) is 3. The number of carbonyl (C=O) groups is 2. The quantitative estimate of drug-likeness (QED) is 0.825. The first-order chi connectivity index (χ1) is 13.6. The van der Waals surface area contributed by atoms with Crippen molar-refractivity contribution in [3.8, 4) is 0 Å². The lowest BCUT2D eigenvalue weighted by molar-refractivity contribution is 0.0955. The molecule has 0 spiro atoms. The Morgan fingerprint density at radius 2 is 1.82 bits per heavy atom. The summed E-state index contributed by atoms with van der Waals surface area (Å²) in [5.41, 5.74) is 3.26. The van der Waals surface area contributed by atoms with Gasteiger partial charge in [-0.1, -0.05) is 31.4 Å². The number of nitrogens with zero attached hydrogens (tertiary/aromatic N) is 2. The zero-order valence-electron chi connectivity index (χ0n) is 16.5. The van der Waals surface area contributed by atoms with Crippen molar-refractivity contribution < 1.29 is 9.59 Å². The van der Waals surface area contributed by atoms with E-state index < -0.39 is 0 Å². The first-order valence-corrected chi connectivity index (χ1v) is 9.84. The zero-order valence-corrected chi connectivity index (χ0v) is 16.5. The highest BCUT2D eigenvalue weighted by molar-refractivity contribution is 5.95. The van der Waals surface area contributed by atoms with Gasteiger partial charge in [-0.05, 0) is 61.2 Å². The third-order valence-electron chi connectivity index (χ3n) is 5.04. The molecule has 0 saturated heterocycles. The Morgan fingerprint density at radius 3 is 2.50 bits per heavy atom. The lowest BCUT2D eigenvalue weighted by atomic mass is 9.96. The van der Waals surface area contributed by atoms with Crippen LogP contribution in [-0.2, 0) is 0 Å². The molecule has 5 heteroatoms. The number of aromatic nitrogens is 1. The van der Waals surface area contributed by atoms with Crippen LogP contribution >= 0.6 is 0 Å². The van der Waals surface area contributed by atoms with E-state index in [-0.39, 0.29) is 11.8 Å². The van der Waals surface area contributed by atoms with Crippen LogP contribution in [0, 0.1) is 6.92 Å². The standard InChI is InChI=1S/C23H27N3O2/c1-17-14-15-26(21(16-17)25-20-6-4-3-5-7-20)22(27)13-10-18-8-11-19(12-9-18)23(28)24-2/h8-16,20H,3-7H2,1-2H3,(H,24,28)/b13-10+,25-21?. The molecule has 1 saturated carbocycles. The number of allylic oxidation sites excluding steroid dienone is 1. The molecule has 1 aliphatic carbocycles. The van der Waals surface area contributed by atoms with Crippen LogP contribution in [-0.4, -0.2) is 29.5 Å². The van der Waals surface area contributed by atoms with Crippen LogP contribution in [0.1, 0.15) is 58.4 Å². The van der Waals surface area contributed by atoms with Gasteiger partial charge in [0.25, 0.3) is 11.8 Å². The second-order valence-corrected chi connectivity index (χ2v) is 7.23. The van der Waals surface area contributed by atoms with Gasteiger partial charge in [-0.25, -0.2) is 0 Å². The number of rotatable bonds is 4. The third-order valence-corrected chi connectivity index (χ3v) is 5.04. The molecule has 1 aliphatic rings. The van der Waals surface area contributed by atoms with Gasteiger partial charge in [0, 0.05) is 24.9 Å². The summed E-state index contributed by atoms with van der Waals surface area (Å²) in [5.74, 6) is -0.263. The fourth-order valence-electron chi connectivity index (χ4n) is 3.41. The van der Waals surface area contributed by atoms with Crippen molar-refractivity contribution in [3.05, 3.63) is 70.8 Å². The molecule has 0 atom stereocenters. The summed E-state index contributed by atoms with van der Waals surface area (Å²) < 4.78 is 1.61. The fraction of sp³-hybridized carbons (Fsp3) is 0.348. The highest BCUT2D eigenvalue weighted by Crippen LogP contribution is 2.19. The smallest absolute Gasteiger partial charge is 0.256 e. The molecule has 0 radical (unpaired) electrons. The maximum absolute atomic E-state index is 12.8. The number of carbonyl (C=O) groups excluding carboxylic acids is 2. The molecule has 1 amide bonds. The van der Waals surface area contributed by atoms with Gasteiger partial charge in [0.2, 0.25) is 0 Å². The summed E-state index contributed by atoms with van der Waals surface area (Å²) in [6, 6.07) is 11.3. The van der Waals surface area contributed by atoms with Gasteiger partial charge >= 0.3 is 0 Å². The molecule has 1 N–H and O–H groups in total. The molecule has 1 aromatic heterocycles. The van der Waals surface area contributed by atoms with Crippen LogP contribution in [0.15, 0.2) is 53.7 Å². The van der Waals surface area contributed by atoms with Crippen molar-refractivity contribution in [1.29, 1.82) is 0 Å². The van der Waals surface area contributed by atoms with Crippen LogP contribution in [0.4, 0.5) is 0 Å². The van der Waals surface area contributed by atoms with Crippen LogP contribution < -0.4 is 10.8 Å². The molecule has 0 unspecified atom stereocenters. The van der Waals surface area contributed by atoms with Crippen molar-refractivity contribution in [1.82, 2.24) is 9.88 Å². The average molecular weight is 377 g/mol. The number of benzene rings is 1. The molecule has 1 heterocycles. The minimum absolute atomic E-state index is 0.129. The first kappa shape index (κ1) is 19.8. The summed E-state index contributed by atoms with van der Waals surface area (Å²) in [4.78, 5) is 29.2. The van der Waals surface area contributed by atoms with E-state index in [1.54, 1.807) is 42.1 Å². The zero-order chi connectivity index (χ0) is 19.9. The van der Waals surface area contributed by atoms with Gasteiger partial charge in [-0.2, -0.15) is 0 Å². The maximum atomic E-state index is 12.8. The van der Waals surface area contributed by atoms with Gasteiger partial charge < -0.3 is 5.32 Å². The van der Waals surface area contributed by atoms with E-state index in [0.717, 1.165) is 29.5 Å². The average Bonchev–Trinajstić information content (AvgIpc) is 2.72. The van der Waals surface area contributed by atoms with Gasteiger partial charge in [-0.3, -0.25) is 19.1 Å². The van der Waals surface area contributed by atoms with E-state index in [1.807, 2.05) is 31.2 Å². The van der Waals surface area contributed by atoms with E-state index in [2.05, 4.69) is 5.32 Å². The lowest BCUT2D eigenvalue weighted by Crippen LogP contribution is -2.28. The second-order valence-electron chi connectivity index (χ2n) is 7.23. The predicted octanol–water partition coefficient (Wildman–Crippen LogP) is 3.74. The number of hydrogen-bond donors (Lipinski definition) is 1. The van der Waals surface area contributed by atoms with Crippen molar-refractivity contribution in [2.45, 2.75) is 45.1 Å². The second kappa shape index (κ2) is 9.31. The summed E-state index contributed by atoms with van der Waals surface area (Å²) in [5, 5.41) is 2.59. The summed E-state index contributed by atoms with van der Waals surface area (Å²) in [6.07, 6.45) is 11.0. The minimum Gasteiger partial charge on any atom is -0.355 e. The Kier molecular flexibility index (Phi) is 6.58. The van der Waals surface area contributed by atoms with E-state index in [9.17, 15) is 9.59 Å². The molecule has 5 nitrogen and oxygen atoms in total. The first-order valence-electron chi connectivity index (χ1n) is 9.84. The Bertz CT molecular complexity index is 933. The summed E-state index contributed by atoms with van der Waals surface area (Å²) in [6.45, 7) is 2.01. The van der Waals surface area contributed by atoms with E-state index in [1.165, 1.54) is 19.3 Å². The Labute approximate surface area is 165 Å². The molecule has 0 aliphatic heterocycles. The number of pyridine rings is 1. The summed E-state index contributed by atoms with van der Waals surface area (Å²) >= 11 is 0.